The van der Waals surface area contributed by atoms with Crippen molar-refractivity contribution in [1.29, 1.82) is 0 Å². The fraction of sp³-hybridized carbons (Fsp3) is 0.615. The topological polar surface area (TPSA) is 94.1 Å². The van der Waals surface area contributed by atoms with Crippen LogP contribution in [0.25, 0.3) is 11.4 Å². The van der Waals surface area contributed by atoms with Gasteiger partial charge in [-0.2, -0.15) is 0 Å². The molecule has 34 heavy (non-hydrogen) atoms. The van der Waals surface area contributed by atoms with Crippen LogP contribution in [0, 0.1) is 5.92 Å². The molecule has 0 bridgehead atoms. The van der Waals surface area contributed by atoms with E-state index in [2.05, 4.69) is 59.8 Å². The van der Waals surface area contributed by atoms with E-state index in [0.29, 0.717) is 19.1 Å². The largest absolute Gasteiger partial charge is 0.369 e. The van der Waals surface area contributed by atoms with Gasteiger partial charge in [-0.3, -0.25) is 14.2 Å². The fourth-order valence-electron chi connectivity index (χ4n) is 5.04. The summed E-state index contributed by atoms with van der Waals surface area (Å²) in [6.45, 7) is 9.65. The van der Waals surface area contributed by atoms with Gasteiger partial charge in [0, 0.05) is 24.7 Å². The van der Waals surface area contributed by atoms with Gasteiger partial charge in [0.2, 0.25) is 11.8 Å². The van der Waals surface area contributed by atoms with Crippen molar-refractivity contribution in [1.82, 2.24) is 19.7 Å². The standard InChI is InChI=1S/C26H37N5O2S/c1-17(24(33)30-15-7-8-19(16-30)22(27)32)34-25-29-28-23(31(25)21-9-5-6-10-21)18-11-13-20(14-12-18)26(2,3)4/h11-14,17,19,21H,5-10,15-16H2,1-4H3,(H2,27,32). The Bertz CT molecular complexity index is 1020. The predicted octanol–water partition coefficient (Wildman–Crippen LogP) is 4.56. The number of nitrogens with zero attached hydrogens (tertiary/aromatic N) is 4. The van der Waals surface area contributed by atoms with Crippen LogP contribution < -0.4 is 5.73 Å². The average Bonchev–Trinajstić information content (AvgIpc) is 3.48. The molecule has 184 valence electrons. The molecule has 0 radical (unpaired) electrons. The fourth-order valence-corrected chi connectivity index (χ4v) is 6.04. The van der Waals surface area contributed by atoms with Gasteiger partial charge in [0.15, 0.2) is 11.0 Å². The summed E-state index contributed by atoms with van der Waals surface area (Å²) in [5.74, 6) is 0.342. The minimum Gasteiger partial charge on any atom is -0.369 e. The predicted molar refractivity (Wildman–Crippen MR) is 135 cm³/mol. The van der Waals surface area contributed by atoms with E-state index in [1.807, 2.05) is 6.92 Å². The van der Waals surface area contributed by atoms with Gasteiger partial charge in [-0.05, 0) is 43.6 Å². The van der Waals surface area contributed by atoms with E-state index in [0.717, 1.165) is 42.2 Å². The molecule has 2 aliphatic rings. The van der Waals surface area contributed by atoms with E-state index in [1.165, 1.54) is 30.2 Å². The van der Waals surface area contributed by atoms with Crippen molar-refractivity contribution in [3.05, 3.63) is 29.8 Å². The Morgan fingerprint density at radius 1 is 1.06 bits per heavy atom. The second kappa shape index (κ2) is 10.1. The van der Waals surface area contributed by atoms with Crippen molar-refractivity contribution in [2.45, 2.75) is 88.1 Å². The number of piperidine rings is 1. The van der Waals surface area contributed by atoms with Gasteiger partial charge in [0.1, 0.15) is 0 Å². The molecule has 8 heteroatoms. The first-order chi connectivity index (χ1) is 16.1. The second-order valence-electron chi connectivity index (χ2n) is 10.7. The van der Waals surface area contributed by atoms with Crippen LogP contribution in [0.4, 0.5) is 0 Å². The number of aromatic nitrogens is 3. The van der Waals surface area contributed by atoms with Crippen molar-refractivity contribution in [3.8, 4) is 11.4 Å². The number of amides is 2. The molecule has 2 heterocycles. The molecule has 0 spiro atoms. The van der Waals surface area contributed by atoms with E-state index in [-0.39, 0.29) is 28.4 Å². The molecule has 4 rings (SSSR count). The van der Waals surface area contributed by atoms with Gasteiger partial charge in [0.05, 0.1) is 11.2 Å². The first-order valence-corrected chi connectivity index (χ1v) is 13.3. The number of benzene rings is 1. The van der Waals surface area contributed by atoms with Gasteiger partial charge in [0.25, 0.3) is 0 Å². The van der Waals surface area contributed by atoms with Gasteiger partial charge < -0.3 is 10.6 Å². The average molecular weight is 484 g/mol. The molecule has 1 aliphatic carbocycles. The molecule has 1 aliphatic heterocycles. The number of hydrogen-bond donors (Lipinski definition) is 1. The molecule has 2 aromatic rings. The van der Waals surface area contributed by atoms with Crippen LogP contribution in [0.2, 0.25) is 0 Å². The van der Waals surface area contributed by atoms with E-state index in [9.17, 15) is 9.59 Å². The molecule has 2 amide bonds. The minimum absolute atomic E-state index is 0.0352. The zero-order valence-electron chi connectivity index (χ0n) is 20.8. The lowest BCUT2D eigenvalue weighted by Gasteiger charge is -2.32. The van der Waals surface area contributed by atoms with Crippen LogP contribution in [-0.2, 0) is 15.0 Å². The molecule has 2 N–H and O–H groups in total. The first kappa shape index (κ1) is 24.8. The Balaban J connectivity index is 1.57. The van der Waals surface area contributed by atoms with Gasteiger partial charge in [-0.25, -0.2) is 0 Å². The van der Waals surface area contributed by atoms with Crippen LogP contribution in [0.5, 0.6) is 0 Å². The van der Waals surface area contributed by atoms with E-state index in [4.69, 9.17) is 5.73 Å². The van der Waals surface area contributed by atoms with Crippen molar-refractivity contribution >= 4 is 23.6 Å². The third-order valence-electron chi connectivity index (χ3n) is 7.13. The number of carbonyl (C=O) groups is 2. The maximum Gasteiger partial charge on any atom is 0.235 e. The lowest BCUT2D eigenvalue weighted by Crippen LogP contribution is -2.46. The van der Waals surface area contributed by atoms with Crippen molar-refractivity contribution < 1.29 is 9.59 Å². The van der Waals surface area contributed by atoms with Crippen LogP contribution in [0.3, 0.4) is 0 Å². The normalized spacial score (nSPS) is 20.5. The highest BCUT2D eigenvalue weighted by Gasteiger charge is 2.32. The summed E-state index contributed by atoms with van der Waals surface area (Å²) in [6, 6.07) is 8.97. The smallest absolute Gasteiger partial charge is 0.235 e. The highest BCUT2D eigenvalue weighted by atomic mass is 32.2. The highest BCUT2D eigenvalue weighted by Crippen LogP contribution is 2.38. The summed E-state index contributed by atoms with van der Waals surface area (Å²) in [5, 5.41) is 9.62. The Morgan fingerprint density at radius 2 is 1.74 bits per heavy atom. The Hall–Kier alpha value is -2.35. The molecule has 1 aromatic heterocycles. The number of carbonyl (C=O) groups excluding carboxylic acids is 2. The summed E-state index contributed by atoms with van der Waals surface area (Å²) in [7, 11) is 0. The van der Waals surface area contributed by atoms with E-state index >= 15 is 0 Å². The number of rotatable bonds is 6. The number of likely N-dealkylation sites (tertiary alicyclic amines) is 1. The minimum atomic E-state index is -0.319. The SMILES string of the molecule is CC(Sc1nnc(-c2ccc(C(C)(C)C)cc2)n1C1CCCC1)C(=O)N1CCCC(C(N)=O)C1. The molecule has 1 saturated heterocycles. The molecule has 1 aromatic carbocycles. The third-order valence-corrected chi connectivity index (χ3v) is 8.17. The van der Waals surface area contributed by atoms with E-state index < -0.39 is 0 Å². The summed E-state index contributed by atoms with van der Waals surface area (Å²) in [5.41, 5.74) is 7.94. The van der Waals surface area contributed by atoms with Crippen LogP contribution in [0.15, 0.2) is 29.4 Å². The molecule has 2 atom stereocenters. The maximum absolute atomic E-state index is 13.2. The second-order valence-corrected chi connectivity index (χ2v) is 12.0. The zero-order chi connectivity index (χ0) is 24.5. The number of hydrogen-bond acceptors (Lipinski definition) is 5. The van der Waals surface area contributed by atoms with Crippen LogP contribution in [0.1, 0.15) is 77.8 Å². The summed E-state index contributed by atoms with van der Waals surface area (Å²) < 4.78 is 2.26. The lowest BCUT2D eigenvalue weighted by molar-refractivity contribution is -0.134. The van der Waals surface area contributed by atoms with Crippen molar-refractivity contribution in [3.63, 3.8) is 0 Å². The van der Waals surface area contributed by atoms with E-state index in [1.54, 1.807) is 4.90 Å². The molecule has 1 saturated carbocycles. The lowest BCUT2D eigenvalue weighted by atomic mass is 9.86. The number of primary amides is 1. The quantitative estimate of drug-likeness (QED) is 0.608. The molecule has 2 unspecified atom stereocenters. The van der Waals surface area contributed by atoms with Gasteiger partial charge in [-0.15, -0.1) is 10.2 Å². The van der Waals surface area contributed by atoms with Crippen molar-refractivity contribution in [2.75, 3.05) is 13.1 Å². The van der Waals surface area contributed by atoms with Gasteiger partial charge >= 0.3 is 0 Å². The summed E-state index contributed by atoms with van der Waals surface area (Å²) in [4.78, 5) is 26.6. The molecule has 2 fully saturated rings. The maximum atomic E-state index is 13.2. The Morgan fingerprint density at radius 3 is 2.35 bits per heavy atom. The molecular formula is C26H37N5O2S. The van der Waals surface area contributed by atoms with Crippen LogP contribution >= 0.6 is 11.8 Å². The zero-order valence-corrected chi connectivity index (χ0v) is 21.6. The first-order valence-electron chi connectivity index (χ1n) is 12.5. The monoisotopic (exact) mass is 483 g/mol. The third kappa shape index (κ3) is 5.32. The highest BCUT2D eigenvalue weighted by molar-refractivity contribution is 8.00. The Kier molecular flexibility index (Phi) is 7.36. The summed E-state index contributed by atoms with van der Waals surface area (Å²) >= 11 is 1.47. The number of nitrogens with two attached hydrogens (primary N) is 1. The van der Waals surface area contributed by atoms with Gasteiger partial charge in [-0.1, -0.05) is 69.6 Å². The molecule has 7 nitrogen and oxygen atoms in total. The van der Waals surface area contributed by atoms with Crippen molar-refractivity contribution in [2.24, 2.45) is 11.7 Å². The Labute approximate surface area is 206 Å². The van der Waals surface area contributed by atoms with Crippen LogP contribution in [-0.4, -0.2) is 49.8 Å². The molecular weight excluding hydrogens is 446 g/mol. The number of thioether (sulfide) groups is 1. The summed E-state index contributed by atoms with van der Waals surface area (Å²) in [6.07, 6.45) is 6.18.